The van der Waals surface area contributed by atoms with Crippen LogP contribution < -0.4 is 5.32 Å². The van der Waals surface area contributed by atoms with Crippen molar-refractivity contribution < 1.29 is 4.79 Å². The molecule has 1 fully saturated rings. The molecule has 1 amide bonds. The molecule has 0 aromatic carbocycles. The molecule has 0 aromatic rings. The Morgan fingerprint density at radius 1 is 1.50 bits per heavy atom. The molecule has 14 heavy (non-hydrogen) atoms. The Morgan fingerprint density at radius 3 is 2.57 bits per heavy atom. The summed E-state index contributed by atoms with van der Waals surface area (Å²) >= 11 is 3.36. The molecule has 0 heterocycles. The predicted molar refractivity (Wildman–Crippen MR) is 62.6 cm³/mol. The van der Waals surface area contributed by atoms with E-state index in [0.29, 0.717) is 5.41 Å². The van der Waals surface area contributed by atoms with Crippen molar-refractivity contribution in [1.29, 1.82) is 0 Å². The number of nitrogens with one attached hydrogen (secondary N) is 1. The summed E-state index contributed by atoms with van der Waals surface area (Å²) in [6.07, 6.45) is 5.92. The molecule has 1 rings (SSSR count). The first-order chi connectivity index (χ1) is 6.63. The van der Waals surface area contributed by atoms with Crippen LogP contribution in [0.5, 0.6) is 0 Å². The Kier molecular flexibility index (Phi) is 4.42. The zero-order valence-electron chi connectivity index (χ0n) is 9.11. The molecule has 1 aliphatic carbocycles. The van der Waals surface area contributed by atoms with Gasteiger partial charge in [-0.1, -0.05) is 36.2 Å². The number of rotatable bonds is 6. The van der Waals surface area contributed by atoms with E-state index in [-0.39, 0.29) is 10.7 Å². The smallest absolute Gasteiger partial charge is 0.233 e. The van der Waals surface area contributed by atoms with Gasteiger partial charge >= 0.3 is 0 Å². The molecule has 0 saturated heterocycles. The first-order valence-electron chi connectivity index (χ1n) is 5.55. The minimum absolute atomic E-state index is 0.0140. The van der Waals surface area contributed by atoms with Gasteiger partial charge in [-0.25, -0.2) is 0 Å². The predicted octanol–water partition coefficient (Wildman–Crippen LogP) is 2.86. The molecule has 0 bridgehead atoms. The second kappa shape index (κ2) is 5.15. The van der Waals surface area contributed by atoms with Gasteiger partial charge in [0, 0.05) is 6.54 Å². The van der Waals surface area contributed by atoms with Crippen LogP contribution in [0.3, 0.4) is 0 Å². The third-order valence-electron chi connectivity index (χ3n) is 3.02. The Hall–Kier alpha value is -0.0500. The maximum Gasteiger partial charge on any atom is 0.233 e. The lowest BCUT2D eigenvalue weighted by molar-refractivity contribution is -0.120. The van der Waals surface area contributed by atoms with Crippen molar-refractivity contribution in [3.63, 3.8) is 0 Å². The van der Waals surface area contributed by atoms with Gasteiger partial charge in [-0.05, 0) is 31.1 Å². The summed E-state index contributed by atoms with van der Waals surface area (Å²) in [6.45, 7) is 5.10. The van der Waals surface area contributed by atoms with Crippen LogP contribution in [0.4, 0.5) is 0 Å². The van der Waals surface area contributed by atoms with Gasteiger partial charge in [0.2, 0.25) is 5.91 Å². The van der Waals surface area contributed by atoms with Crippen molar-refractivity contribution in [2.75, 3.05) is 6.54 Å². The number of hydrogen-bond acceptors (Lipinski definition) is 1. The average Bonchev–Trinajstić information content (AvgIpc) is 2.94. The highest BCUT2D eigenvalue weighted by atomic mass is 79.9. The molecule has 1 unspecified atom stereocenters. The zero-order chi connectivity index (χ0) is 10.6. The summed E-state index contributed by atoms with van der Waals surface area (Å²) in [5.41, 5.74) is 0.463. The van der Waals surface area contributed by atoms with Crippen LogP contribution in [0.2, 0.25) is 0 Å². The summed E-state index contributed by atoms with van der Waals surface area (Å²) in [6, 6.07) is 0. The van der Waals surface area contributed by atoms with Crippen LogP contribution >= 0.6 is 15.9 Å². The van der Waals surface area contributed by atoms with E-state index in [0.717, 1.165) is 13.0 Å². The van der Waals surface area contributed by atoms with E-state index in [1.54, 1.807) is 0 Å². The van der Waals surface area contributed by atoms with Crippen molar-refractivity contribution in [1.82, 2.24) is 5.32 Å². The number of carbonyl (C=O) groups is 1. The normalized spacial score (nSPS) is 20.2. The van der Waals surface area contributed by atoms with E-state index < -0.39 is 0 Å². The molecule has 1 saturated carbocycles. The molecule has 1 atom stereocenters. The molecule has 0 aliphatic heterocycles. The molecule has 1 aliphatic rings. The molecule has 0 aromatic heterocycles. The minimum atomic E-state index is -0.0140. The van der Waals surface area contributed by atoms with Gasteiger partial charge in [-0.2, -0.15) is 0 Å². The van der Waals surface area contributed by atoms with Crippen molar-refractivity contribution in [2.24, 2.45) is 5.41 Å². The highest BCUT2D eigenvalue weighted by Gasteiger charge is 2.41. The van der Waals surface area contributed by atoms with Crippen LogP contribution in [0, 0.1) is 5.41 Å². The van der Waals surface area contributed by atoms with Crippen LogP contribution in [0.25, 0.3) is 0 Å². The molecule has 3 heteroatoms. The fourth-order valence-corrected chi connectivity index (χ4v) is 1.95. The summed E-state index contributed by atoms with van der Waals surface area (Å²) in [5.74, 6) is 0.148. The van der Waals surface area contributed by atoms with Crippen molar-refractivity contribution >= 4 is 21.8 Å². The summed E-state index contributed by atoms with van der Waals surface area (Å²) < 4.78 is 0. The Balaban J connectivity index is 2.23. The topological polar surface area (TPSA) is 29.1 Å². The number of carbonyl (C=O) groups excluding carboxylic acids is 1. The lowest BCUT2D eigenvalue weighted by Crippen LogP contribution is -2.35. The second-order valence-electron chi connectivity index (χ2n) is 4.34. The van der Waals surface area contributed by atoms with Crippen molar-refractivity contribution in [3.05, 3.63) is 0 Å². The monoisotopic (exact) mass is 261 g/mol. The van der Waals surface area contributed by atoms with E-state index in [1.807, 2.05) is 6.92 Å². The first-order valence-corrected chi connectivity index (χ1v) is 6.47. The summed E-state index contributed by atoms with van der Waals surface area (Å²) in [5, 5.41) is 3.04. The fourth-order valence-electron chi connectivity index (χ4n) is 1.79. The van der Waals surface area contributed by atoms with Gasteiger partial charge in [0.1, 0.15) is 0 Å². The van der Waals surface area contributed by atoms with Crippen molar-refractivity contribution in [3.8, 4) is 0 Å². The third-order valence-corrected chi connectivity index (χ3v) is 4.08. The minimum Gasteiger partial charge on any atom is -0.355 e. The van der Waals surface area contributed by atoms with E-state index in [2.05, 4.69) is 28.2 Å². The van der Waals surface area contributed by atoms with Gasteiger partial charge in [0.05, 0.1) is 4.83 Å². The first kappa shape index (κ1) is 12.0. The lowest BCUT2D eigenvalue weighted by Gasteiger charge is -2.16. The maximum atomic E-state index is 11.5. The van der Waals surface area contributed by atoms with E-state index >= 15 is 0 Å². The largest absolute Gasteiger partial charge is 0.355 e. The molecule has 2 nitrogen and oxygen atoms in total. The molecular weight excluding hydrogens is 242 g/mol. The summed E-state index contributed by atoms with van der Waals surface area (Å²) in [4.78, 5) is 11.5. The van der Waals surface area contributed by atoms with Gasteiger partial charge in [-0.15, -0.1) is 0 Å². The number of amides is 1. The van der Waals surface area contributed by atoms with Crippen molar-refractivity contribution in [2.45, 2.75) is 50.8 Å². The van der Waals surface area contributed by atoms with Crippen LogP contribution in [0.15, 0.2) is 0 Å². The number of hydrogen-bond donors (Lipinski definition) is 1. The fraction of sp³-hybridized carbons (Fsp3) is 0.909. The lowest BCUT2D eigenvalue weighted by atomic mass is 10.0. The Labute approximate surface area is 95.0 Å². The SMILES string of the molecule is CCCC1(CNC(=O)C(Br)CC)CC1. The second-order valence-corrected chi connectivity index (χ2v) is 5.45. The molecule has 1 N–H and O–H groups in total. The number of halogens is 1. The van der Waals surface area contributed by atoms with E-state index in [4.69, 9.17) is 0 Å². The maximum absolute atomic E-state index is 11.5. The Bertz CT molecular complexity index is 201. The number of alkyl halides is 1. The highest BCUT2D eigenvalue weighted by molar-refractivity contribution is 9.10. The van der Waals surface area contributed by atoms with Crippen LogP contribution in [-0.4, -0.2) is 17.3 Å². The third kappa shape index (κ3) is 3.26. The van der Waals surface area contributed by atoms with Crippen LogP contribution in [-0.2, 0) is 4.79 Å². The molecule has 0 spiro atoms. The molecule has 0 radical (unpaired) electrons. The Morgan fingerprint density at radius 2 is 2.14 bits per heavy atom. The zero-order valence-corrected chi connectivity index (χ0v) is 10.7. The van der Waals surface area contributed by atoms with E-state index in [1.165, 1.54) is 25.7 Å². The van der Waals surface area contributed by atoms with E-state index in [9.17, 15) is 4.79 Å². The highest BCUT2D eigenvalue weighted by Crippen LogP contribution is 2.48. The quantitative estimate of drug-likeness (QED) is 0.733. The van der Waals surface area contributed by atoms with Gasteiger partial charge < -0.3 is 5.32 Å². The van der Waals surface area contributed by atoms with Gasteiger partial charge in [0.15, 0.2) is 0 Å². The summed E-state index contributed by atoms with van der Waals surface area (Å²) in [7, 11) is 0. The standard InChI is InChI=1S/C11H20BrNO/c1-3-5-11(6-7-11)8-13-10(14)9(12)4-2/h9H,3-8H2,1-2H3,(H,13,14). The molecule has 82 valence electrons. The van der Waals surface area contributed by atoms with Crippen LogP contribution in [0.1, 0.15) is 46.0 Å². The average molecular weight is 262 g/mol. The van der Waals surface area contributed by atoms with Gasteiger partial charge in [-0.3, -0.25) is 4.79 Å². The van der Waals surface area contributed by atoms with Gasteiger partial charge in [0.25, 0.3) is 0 Å². The molecular formula is C11H20BrNO.